The molecule has 0 aliphatic heterocycles. The van der Waals surface area contributed by atoms with E-state index in [1.165, 1.54) is 12.1 Å². The Morgan fingerprint density at radius 3 is 2.57 bits per heavy atom. The molecule has 1 heterocycles. The van der Waals surface area contributed by atoms with E-state index in [1.54, 1.807) is 31.2 Å². The largest absolute Gasteiger partial charge is 0.319 e. The number of aromatic nitrogens is 3. The van der Waals surface area contributed by atoms with Gasteiger partial charge in [0, 0.05) is 16.1 Å². The van der Waals surface area contributed by atoms with Crippen molar-refractivity contribution in [3.05, 3.63) is 64.7 Å². The monoisotopic (exact) mass is 330 g/mol. The second-order valence-corrected chi connectivity index (χ2v) is 5.34. The Kier molecular flexibility index (Phi) is 4.08. The van der Waals surface area contributed by atoms with Gasteiger partial charge in [-0.15, -0.1) is 0 Å². The van der Waals surface area contributed by atoms with Gasteiger partial charge in [-0.05, 0) is 37.3 Å². The molecule has 7 heteroatoms. The third-order valence-electron chi connectivity index (χ3n) is 3.18. The summed E-state index contributed by atoms with van der Waals surface area (Å²) in [5.74, 6) is 0.265. The molecule has 0 aliphatic carbocycles. The van der Waals surface area contributed by atoms with E-state index in [1.807, 2.05) is 0 Å². The van der Waals surface area contributed by atoms with E-state index in [9.17, 15) is 9.18 Å². The van der Waals surface area contributed by atoms with Gasteiger partial charge < -0.3 is 5.32 Å². The fraction of sp³-hybridized carbons (Fsp3) is 0.0625. The van der Waals surface area contributed by atoms with Crippen molar-refractivity contribution >= 4 is 23.2 Å². The highest BCUT2D eigenvalue weighted by Gasteiger charge is 2.11. The van der Waals surface area contributed by atoms with Crippen LogP contribution >= 0.6 is 11.6 Å². The lowest BCUT2D eigenvalue weighted by molar-refractivity contribution is 0.102. The van der Waals surface area contributed by atoms with Crippen molar-refractivity contribution in [2.75, 3.05) is 5.32 Å². The molecule has 0 aliphatic rings. The minimum atomic E-state index is -0.585. The lowest BCUT2D eigenvalue weighted by atomic mass is 10.1. The van der Waals surface area contributed by atoms with Crippen molar-refractivity contribution in [1.29, 1.82) is 0 Å². The van der Waals surface area contributed by atoms with Crippen LogP contribution in [0.15, 0.2) is 42.5 Å². The Morgan fingerprint density at radius 1 is 1.22 bits per heavy atom. The van der Waals surface area contributed by atoms with Crippen LogP contribution in [0, 0.1) is 12.7 Å². The Bertz CT molecular complexity index is 861. The maximum absolute atomic E-state index is 13.7. The summed E-state index contributed by atoms with van der Waals surface area (Å²) in [6.07, 6.45) is 0. The number of carbonyl (C=O) groups excluding carboxylic acids is 1. The molecule has 2 aromatic carbocycles. The highest BCUT2D eigenvalue weighted by atomic mass is 35.5. The molecule has 0 atom stereocenters. The van der Waals surface area contributed by atoms with Crippen LogP contribution in [0.3, 0.4) is 0 Å². The molecule has 0 unspecified atom stereocenters. The average molecular weight is 331 g/mol. The summed E-state index contributed by atoms with van der Waals surface area (Å²) in [6.45, 7) is 1.80. The summed E-state index contributed by atoms with van der Waals surface area (Å²) in [4.78, 5) is 16.4. The second kappa shape index (κ2) is 6.18. The van der Waals surface area contributed by atoms with E-state index >= 15 is 0 Å². The van der Waals surface area contributed by atoms with Crippen molar-refractivity contribution in [1.82, 2.24) is 15.2 Å². The standard InChI is InChI=1S/C16H12ClFN4O/c1-9-19-15(22-21-9)10-2-4-11(5-3-10)16(23)20-14-7-6-12(17)8-13(14)18/h2-8H,1H3,(H,20,23)(H,19,21,22). The number of hydrogen-bond donors (Lipinski definition) is 2. The molecule has 5 nitrogen and oxygen atoms in total. The van der Waals surface area contributed by atoms with Gasteiger partial charge in [0.1, 0.15) is 11.6 Å². The molecule has 0 radical (unpaired) electrons. The van der Waals surface area contributed by atoms with Crippen LogP contribution in [0.25, 0.3) is 11.4 Å². The normalized spacial score (nSPS) is 10.6. The van der Waals surface area contributed by atoms with Crippen LogP contribution in [0.5, 0.6) is 0 Å². The van der Waals surface area contributed by atoms with E-state index in [0.717, 1.165) is 11.6 Å². The molecular formula is C16H12ClFN4O. The molecule has 1 amide bonds. The first-order valence-electron chi connectivity index (χ1n) is 6.79. The fourth-order valence-corrected chi connectivity index (χ4v) is 2.19. The second-order valence-electron chi connectivity index (χ2n) is 4.90. The number of nitrogens with zero attached hydrogens (tertiary/aromatic N) is 2. The molecule has 0 spiro atoms. The summed E-state index contributed by atoms with van der Waals surface area (Å²) in [7, 11) is 0. The van der Waals surface area contributed by atoms with Gasteiger partial charge >= 0.3 is 0 Å². The number of benzene rings is 2. The number of anilines is 1. The van der Waals surface area contributed by atoms with Crippen LogP contribution in [0.4, 0.5) is 10.1 Å². The van der Waals surface area contributed by atoms with Gasteiger partial charge in [-0.2, -0.15) is 5.10 Å². The average Bonchev–Trinajstić information content (AvgIpc) is 2.97. The van der Waals surface area contributed by atoms with Crippen LogP contribution < -0.4 is 5.32 Å². The molecule has 0 fully saturated rings. The Labute approximate surface area is 136 Å². The van der Waals surface area contributed by atoms with Gasteiger partial charge in [0.15, 0.2) is 5.82 Å². The van der Waals surface area contributed by atoms with Crippen molar-refractivity contribution < 1.29 is 9.18 Å². The molecule has 0 saturated carbocycles. The van der Waals surface area contributed by atoms with Crippen LogP contribution in [0.2, 0.25) is 5.02 Å². The number of aryl methyl sites for hydroxylation is 1. The Hall–Kier alpha value is -2.73. The molecule has 0 bridgehead atoms. The third-order valence-corrected chi connectivity index (χ3v) is 3.42. The third kappa shape index (κ3) is 3.37. The van der Waals surface area contributed by atoms with Gasteiger partial charge in [0.2, 0.25) is 0 Å². The smallest absolute Gasteiger partial charge is 0.255 e. The predicted octanol–water partition coefficient (Wildman–Crippen LogP) is 3.82. The maximum atomic E-state index is 13.7. The van der Waals surface area contributed by atoms with Crippen LogP contribution in [0.1, 0.15) is 16.2 Å². The zero-order chi connectivity index (χ0) is 16.4. The SMILES string of the molecule is Cc1nc(-c2ccc(C(=O)Nc3ccc(Cl)cc3F)cc2)n[nH]1. The molecule has 23 heavy (non-hydrogen) atoms. The van der Waals surface area contributed by atoms with Gasteiger partial charge in [-0.1, -0.05) is 23.7 Å². The zero-order valence-corrected chi connectivity index (χ0v) is 12.9. The number of carbonyl (C=O) groups is 1. The molecule has 3 rings (SSSR count). The topological polar surface area (TPSA) is 70.7 Å². The van der Waals surface area contributed by atoms with Crippen molar-refractivity contribution in [2.45, 2.75) is 6.92 Å². The summed E-state index contributed by atoms with van der Waals surface area (Å²) < 4.78 is 13.7. The fourth-order valence-electron chi connectivity index (χ4n) is 2.03. The van der Waals surface area contributed by atoms with Gasteiger partial charge in [-0.25, -0.2) is 9.37 Å². The minimum Gasteiger partial charge on any atom is -0.319 e. The Balaban J connectivity index is 1.77. The van der Waals surface area contributed by atoms with Crippen molar-refractivity contribution in [3.63, 3.8) is 0 Å². The van der Waals surface area contributed by atoms with Crippen molar-refractivity contribution in [2.24, 2.45) is 0 Å². The highest BCUT2D eigenvalue weighted by molar-refractivity contribution is 6.30. The zero-order valence-electron chi connectivity index (χ0n) is 12.1. The van der Waals surface area contributed by atoms with E-state index in [4.69, 9.17) is 11.6 Å². The molecule has 0 saturated heterocycles. The minimum absolute atomic E-state index is 0.0769. The van der Waals surface area contributed by atoms with Crippen LogP contribution in [-0.2, 0) is 0 Å². The quantitative estimate of drug-likeness (QED) is 0.766. The van der Waals surface area contributed by atoms with Crippen LogP contribution in [-0.4, -0.2) is 21.1 Å². The predicted molar refractivity (Wildman–Crippen MR) is 85.9 cm³/mol. The molecule has 3 aromatic rings. The van der Waals surface area contributed by atoms with E-state index in [0.29, 0.717) is 17.2 Å². The number of nitrogens with one attached hydrogen (secondary N) is 2. The number of aromatic amines is 1. The first-order chi connectivity index (χ1) is 11.0. The van der Waals surface area contributed by atoms with Gasteiger partial charge in [0.25, 0.3) is 5.91 Å². The highest BCUT2D eigenvalue weighted by Crippen LogP contribution is 2.20. The van der Waals surface area contributed by atoms with E-state index in [2.05, 4.69) is 20.5 Å². The Morgan fingerprint density at radius 2 is 1.96 bits per heavy atom. The summed E-state index contributed by atoms with van der Waals surface area (Å²) >= 11 is 5.68. The molecular weight excluding hydrogens is 319 g/mol. The summed E-state index contributed by atoms with van der Waals surface area (Å²) in [6, 6.07) is 10.8. The number of rotatable bonds is 3. The van der Waals surface area contributed by atoms with E-state index < -0.39 is 11.7 Å². The summed E-state index contributed by atoms with van der Waals surface area (Å²) in [5.41, 5.74) is 1.26. The van der Waals surface area contributed by atoms with Crippen molar-refractivity contribution in [3.8, 4) is 11.4 Å². The molecule has 2 N–H and O–H groups in total. The lowest BCUT2D eigenvalue weighted by Crippen LogP contribution is -2.12. The first-order valence-corrected chi connectivity index (χ1v) is 7.16. The number of amides is 1. The van der Waals surface area contributed by atoms with Gasteiger partial charge in [-0.3, -0.25) is 9.89 Å². The first kappa shape index (κ1) is 15.2. The number of H-pyrrole nitrogens is 1. The molecule has 1 aromatic heterocycles. The van der Waals surface area contributed by atoms with Gasteiger partial charge in [0.05, 0.1) is 5.69 Å². The molecule has 116 valence electrons. The number of halogens is 2. The summed E-state index contributed by atoms with van der Waals surface area (Å²) in [5, 5.41) is 9.58. The maximum Gasteiger partial charge on any atom is 0.255 e. The lowest BCUT2D eigenvalue weighted by Gasteiger charge is -2.07. The number of hydrogen-bond acceptors (Lipinski definition) is 3. The van der Waals surface area contributed by atoms with E-state index in [-0.39, 0.29) is 10.7 Å².